The zero-order valence-corrected chi connectivity index (χ0v) is 14.9. The number of nitriles is 1. The van der Waals surface area contributed by atoms with Crippen LogP contribution in [0.2, 0.25) is 0 Å². The standard InChI is InChI=1S/C19H15N3O6/c1-27-18(25)12-5-8-14(19(26)28-2)15(9-12)22-17(24)16(23)21-13-6-3-11(10-20)4-7-13/h3-9H,1-2H3,(H,21,23)(H,22,24). The number of rotatable bonds is 4. The second kappa shape index (κ2) is 8.95. The molecule has 9 nitrogen and oxygen atoms in total. The molecule has 2 rings (SSSR count). The lowest BCUT2D eigenvalue weighted by molar-refractivity contribution is -0.133. The lowest BCUT2D eigenvalue weighted by atomic mass is 10.1. The third-order valence-electron chi connectivity index (χ3n) is 3.57. The van der Waals surface area contributed by atoms with Crippen molar-refractivity contribution in [2.24, 2.45) is 0 Å². The third kappa shape index (κ3) is 4.70. The van der Waals surface area contributed by atoms with Gasteiger partial charge in [-0.1, -0.05) is 0 Å². The molecule has 0 bridgehead atoms. The minimum Gasteiger partial charge on any atom is -0.465 e. The first-order chi connectivity index (χ1) is 13.4. The fourth-order valence-corrected chi connectivity index (χ4v) is 2.18. The molecule has 2 amide bonds. The Labute approximate surface area is 159 Å². The van der Waals surface area contributed by atoms with Crippen molar-refractivity contribution in [3.8, 4) is 6.07 Å². The van der Waals surface area contributed by atoms with Crippen LogP contribution in [0.3, 0.4) is 0 Å². The molecule has 0 heterocycles. The molecule has 0 spiro atoms. The summed E-state index contributed by atoms with van der Waals surface area (Å²) in [7, 11) is 2.33. The highest BCUT2D eigenvalue weighted by Gasteiger charge is 2.20. The highest BCUT2D eigenvalue weighted by Crippen LogP contribution is 2.20. The van der Waals surface area contributed by atoms with Gasteiger partial charge in [-0.25, -0.2) is 9.59 Å². The van der Waals surface area contributed by atoms with E-state index < -0.39 is 23.8 Å². The van der Waals surface area contributed by atoms with Gasteiger partial charge in [0, 0.05) is 5.69 Å². The van der Waals surface area contributed by atoms with Crippen molar-refractivity contribution in [3.05, 3.63) is 59.2 Å². The molecule has 0 saturated heterocycles. The van der Waals surface area contributed by atoms with Gasteiger partial charge in [-0.05, 0) is 42.5 Å². The Kier molecular flexibility index (Phi) is 6.44. The lowest BCUT2D eigenvalue weighted by Gasteiger charge is -2.11. The van der Waals surface area contributed by atoms with E-state index in [2.05, 4.69) is 20.1 Å². The number of ether oxygens (including phenoxy) is 2. The van der Waals surface area contributed by atoms with E-state index in [1.54, 1.807) is 0 Å². The van der Waals surface area contributed by atoms with Gasteiger partial charge in [0.1, 0.15) is 0 Å². The summed E-state index contributed by atoms with van der Waals surface area (Å²) in [4.78, 5) is 47.9. The Hall–Kier alpha value is -4.19. The van der Waals surface area contributed by atoms with E-state index in [1.165, 1.54) is 49.6 Å². The summed E-state index contributed by atoms with van der Waals surface area (Å²) in [5.74, 6) is -3.53. The summed E-state index contributed by atoms with van der Waals surface area (Å²) in [6, 6.07) is 11.6. The topological polar surface area (TPSA) is 135 Å². The molecular weight excluding hydrogens is 366 g/mol. The van der Waals surface area contributed by atoms with Crippen LogP contribution in [0.4, 0.5) is 11.4 Å². The number of benzene rings is 2. The summed E-state index contributed by atoms with van der Waals surface area (Å²) >= 11 is 0. The molecule has 0 saturated carbocycles. The highest BCUT2D eigenvalue weighted by atomic mass is 16.5. The number of nitrogens with zero attached hydrogens (tertiary/aromatic N) is 1. The summed E-state index contributed by atoms with van der Waals surface area (Å²) in [6.45, 7) is 0. The normalized spacial score (nSPS) is 9.61. The molecular formula is C19H15N3O6. The van der Waals surface area contributed by atoms with Gasteiger partial charge in [-0.2, -0.15) is 5.26 Å². The van der Waals surface area contributed by atoms with E-state index in [4.69, 9.17) is 5.26 Å². The number of amides is 2. The van der Waals surface area contributed by atoms with Crippen LogP contribution in [-0.2, 0) is 19.1 Å². The quantitative estimate of drug-likeness (QED) is 0.608. The maximum absolute atomic E-state index is 12.2. The SMILES string of the molecule is COC(=O)c1ccc(C(=O)OC)c(NC(=O)C(=O)Nc2ccc(C#N)cc2)c1. The Balaban J connectivity index is 2.22. The first-order valence-corrected chi connectivity index (χ1v) is 7.82. The van der Waals surface area contributed by atoms with Gasteiger partial charge in [-0.3, -0.25) is 9.59 Å². The number of anilines is 2. The van der Waals surface area contributed by atoms with Crippen LogP contribution in [0.1, 0.15) is 26.3 Å². The molecule has 0 atom stereocenters. The monoisotopic (exact) mass is 381 g/mol. The maximum atomic E-state index is 12.2. The molecule has 2 aromatic rings. The zero-order chi connectivity index (χ0) is 20.7. The number of nitrogens with one attached hydrogen (secondary N) is 2. The minimum absolute atomic E-state index is 0.0466. The molecule has 2 N–H and O–H groups in total. The molecule has 0 radical (unpaired) electrons. The second-order valence-corrected chi connectivity index (χ2v) is 5.34. The average Bonchev–Trinajstić information content (AvgIpc) is 2.72. The molecule has 142 valence electrons. The van der Waals surface area contributed by atoms with Crippen LogP contribution in [0.15, 0.2) is 42.5 Å². The third-order valence-corrected chi connectivity index (χ3v) is 3.57. The molecule has 0 aliphatic carbocycles. The first-order valence-electron chi connectivity index (χ1n) is 7.82. The van der Waals surface area contributed by atoms with Crippen LogP contribution in [0.25, 0.3) is 0 Å². The van der Waals surface area contributed by atoms with Crippen LogP contribution in [-0.4, -0.2) is 38.0 Å². The Bertz CT molecular complexity index is 976. The smallest absolute Gasteiger partial charge is 0.339 e. The maximum Gasteiger partial charge on any atom is 0.339 e. The average molecular weight is 381 g/mol. The summed E-state index contributed by atoms with van der Waals surface area (Å²) in [5.41, 5.74) is 0.628. The summed E-state index contributed by atoms with van der Waals surface area (Å²) in [6.07, 6.45) is 0. The molecule has 0 fully saturated rings. The van der Waals surface area contributed by atoms with Gasteiger partial charge in [0.05, 0.1) is 42.7 Å². The van der Waals surface area contributed by atoms with E-state index in [-0.39, 0.29) is 16.8 Å². The molecule has 0 aromatic heterocycles. The second-order valence-electron chi connectivity index (χ2n) is 5.34. The van der Waals surface area contributed by atoms with E-state index >= 15 is 0 Å². The number of methoxy groups -OCH3 is 2. The van der Waals surface area contributed by atoms with Crippen molar-refractivity contribution >= 4 is 35.1 Å². The van der Waals surface area contributed by atoms with Crippen LogP contribution in [0.5, 0.6) is 0 Å². The van der Waals surface area contributed by atoms with Gasteiger partial charge >= 0.3 is 23.8 Å². The predicted octanol–water partition coefficient (Wildman–Crippen LogP) is 1.71. The van der Waals surface area contributed by atoms with Gasteiger partial charge in [0.15, 0.2) is 0 Å². The lowest BCUT2D eigenvalue weighted by Crippen LogP contribution is -2.30. The molecule has 2 aromatic carbocycles. The van der Waals surface area contributed by atoms with Gasteiger partial charge in [0.25, 0.3) is 0 Å². The Morgan fingerprint density at radius 3 is 2.04 bits per heavy atom. The molecule has 0 aliphatic heterocycles. The van der Waals surface area contributed by atoms with Crippen molar-refractivity contribution in [1.29, 1.82) is 5.26 Å². The van der Waals surface area contributed by atoms with Crippen molar-refractivity contribution in [3.63, 3.8) is 0 Å². The Morgan fingerprint density at radius 1 is 0.857 bits per heavy atom. The van der Waals surface area contributed by atoms with Crippen molar-refractivity contribution in [1.82, 2.24) is 0 Å². The fraction of sp³-hybridized carbons (Fsp3) is 0.105. The van der Waals surface area contributed by atoms with Crippen molar-refractivity contribution in [2.75, 3.05) is 24.9 Å². The number of carbonyl (C=O) groups is 4. The van der Waals surface area contributed by atoms with E-state index in [1.807, 2.05) is 6.07 Å². The van der Waals surface area contributed by atoms with Crippen LogP contribution < -0.4 is 10.6 Å². The molecule has 0 unspecified atom stereocenters. The predicted molar refractivity (Wildman–Crippen MR) is 97.5 cm³/mol. The summed E-state index contributed by atoms with van der Waals surface area (Å²) < 4.78 is 9.23. The fourth-order valence-electron chi connectivity index (χ4n) is 2.18. The van der Waals surface area contributed by atoms with Gasteiger partial charge < -0.3 is 20.1 Å². The molecule has 0 aliphatic rings. The van der Waals surface area contributed by atoms with Crippen molar-refractivity contribution in [2.45, 2.75) is 0 Å². The number of carbonyl (C=O) groups excluding carboxylic acids is 4. The molecule has 28 heavy (non-hydrogen) atoms. The molecule has 9 heteroatoms. The van der Waals surface area contributed by atoms with E-state index in [0.29, 0.717) is 11.3 Å². The van der Waals surface area contributed by atoms with Crippen LogP contribution in [0, 0.1) is 11.3 Å². The zero-order valence-electron chi connectivity index (χ0n) is 14.9. The first kappa shape index (κ1) is 20.1. The van der Waals surface area contributed by atoms with Gasteiger partial charge in [-0.15, -0.1) is 0 Å². The largest absolute Gasteiger partial charge is 0.465 e. The Morgan fingerprint density at radius 2 is 1.46 bits per heavy atom. The summed E-state index contributed by atoms with van der Waals surface area (Å²) in [5, 5.41) is 13.4. The van der Waals surface area contributed by atoms with E-state index in [9.17, 15) is 19.2 Å². The highest BCUT2D eigenvalue weighted by molar-refractivity contribution is 6.44. The number of hydrogen-bond donors (Lipinski definition) is 2. The van der Waals surface area contributed by atoms with Crippen LogP contribution >= 0.6 is 0 Å². The van der Waals surface area contributed by atoms with Crippen molar-refractivity contribution < 1.29 is 28.7 Å². The number of hydrogen-bond acceptors (Lipinski definition) is 7. The van der Waals surface area contributed by atoms with Gasteiger partial charge in [0.2, 0.25) is 0 Å². The minimum atomic E-state index is -1.07. The van der Waals surface area contributed by atoms with E-state index in [0.717, 1.165) is 7.11 Å². The number of esters is 2.